The van der Waals surface area contributed by atoms with E-state index in [0.717, 1.165) is 25.1 Å². The molecule has 1 aromatic carbocycles. The molecule has 17 heavy (non-hydrogen) atoms. The maximum Gasteiger partial charge on any atom is 0.248 e. The predicted molar refractivity (Wildman–Crippen MR) is 69.4 cm³/mol. The minimum Gasteiger partial charge on any atom is -0.370 e. The van der Waals surface area contributed by atoms with Gasteiger partial charge in [-0.05, 0) is 44.2 Å². The molecule has 1 aliphatic rings. The van der Waals surface area contributed by atoms with Gasteiger partial charge < -0.3 is 16.0 Å². The summed E-state index contributed by atoms with van der Waals surface area (Å²) in [6, 6.07) is 6.40. The molecule has 0 aromatic heterocycles. The van der Waals surface area contributed by atoms with Gasteiger partial charge in [0.25, 0.3) is 0 Å². The average molecular weight is 233 g/mol. The van der Waals surface area contributed by atoms with Crippen LogP contribution in [-0.4, -0.2) is 32.1 Å². The van der Waals surface area contributed by atoms with Crippen molar-refractivity contribution >= 4 is 11.6 Å². The number of nitrogens with one attached hydrogen (secondary N) is 1. The van der Waals surface area contributed by atoms with Crippen LogP contribution in [0.3, 0.4) is 0 Å². The van der Waals surface area contributed by atoms with Crippen LogP contribution in [0.4, 0.5) is 5.69 Å². The van der Waals surface area contributed by atoms with Gasteiger partial charge in [0.15, 0.2) is 0 Å². The smallest absolute Gasteiger partial charge is 0.248 e. The second-order valence-electron chi connectivity index (χ2n) is 4.58. The number of aryl methyl sites for hydroxylation is 1. The van der Waals surface area contributed by atoms with Gasteiger partial charge in [0.1, 0.15) is 0 Å². The van der Waals surface area contributed by atoms with Gasteiger partial charge in [0, 0.05) is 30.4 Å². The summed E-state index contributed by atoms with van der Waals surface area (Å²) in [6.07, 6.45) is 1.16. The first-order valence-electron chi connectivity index (χ1n) is 5.94. The molecule has 1 aliphatic heterocycles. The Morgan fingerprint density at radius 1 is 1.53 bits per heavy atom. The van der Waals surface area contributed by atoms with Gasteiger partial charge in [-0.3, -0.25) is 4.79 Å². The van der Waals surface area contributed by atoms with Crippen molar-refractivity contribution in [3.05, 3.63) is 29.3 Å². The number of carbonyl (C=O) groups excluding carboxylic acids is 1. The Morgan fingerprint density at radius 2 is 2.29 bits per heavy atom. The monoisotopic (exact) mass is 233 g/mol. The summed E-state index contributed by atoms with van der Waals surface area (Å²) in [6.45, 7) is 4.00. The number of nitrogens with two attached hydrogens (primary N) is 1. The molecule has 4 nitrogen and oxygen atoms in total. The minimum absolute atomic E-state index is 0.358. The van der Waals surface area contributed by atoms with Crippen molar-refractivity contribution < 1.29 is 4.79 Å². The second-order valence-corrected chi connectivity index (χ2v) is 4.58. The highest BCUT2D eigenvalue weighted by molar-refractivity contribution is 5.94. The summed E-state index contributed by atoms with van der Waals surface area (Å²) in [5, 5.41) is 3.29. The molecule has 1 fully saturated rings. The van der Waals surface area contributed by atoms with Crippen LogP contribution < -0.4 is 16.0 Å². The fourth-order valence-corrected chi connectivity index (χ4v) is 2.35. The lowest BCUT2D eigenvalue weighted by molar-refractivity contribution is 0.1000. The van der Waals surface area contributed by atoms with Crippen molar-refractivity contribution in [2.75, 3.05) is 25.0 Å². The number of benzene rings is 1. The molecule has 1 amide bonds. The van der Waals surface area contributed by atoms with Gasteiger partial charge in [-0.15, -0.1) is 0 Å². The van der Waals surface area contributed by atoms with Gasteiger partial charge in [-0.1, -0.05) is 0 Å². The Balaban J connectivity index is 2.18. The molecule has 1 atom stereocenters. The first-order valence-corrected chi connectivity index (χ1v) is 5.94. The van der Waals surface area contributed by atoms with Crippen molar-refractivity contribution in [2.24, 2.45) is 5.73 Å². The van der Waals surface area contributed by atoms with Crippen LogP contribution in [0.25, 0.3) is 0 Å². The first kappa shape index (κ1) is 11.9. The van der Waals surface area contributed by atoms with E-state index in [-0.39, 0.29) is 5.91 Å². The van der Waals surface area contributed by atoms with Crippen LogP contribution in [0.15, 0.2) is 18.2 Å². The third kappa shape index (κ3) is 2.42. The zero-order valence-corrected chi connectivity index (χ0v) is 10.4. The van der Waals surface area contributed by atoms with E-state index in [1.807, 2.05) is 32.2 Å². The van der Waals surface area contributed by atoms with Gasteiger partial charge in [-0.2, -0.15) is 0 Å². The Kier molecular flexibility index (Phi) is 3.33. The van der Waals surface area contributed by atoms with E-state index < -0.39 is 0 Å². The van der Waals surface area contributed by atoms with Crippen LogP contribution >= 0.6 is 0 Å². The maximum absolute atomic E-state index is 11.2. The van der Waals surface area contributed by atoms with E-state index in [9.17, 15) is 4.79 Å². The molecule has 1 saturated heterocycles. The van der Waals surface area contributed by atoms with Crippen molar-refractivity contribution in [1.82, 2.24) is 5.32 Å². The lowest BCUT2D eigenvalue weighted by atomic mass is 10.1. The Labute approximate surface area is 102 Å². The van der Waals surface area contributed by atoms with Gasteiger partial charge >= 0.3 is 0 Å². The normalized spacial score (nSPS) is 19.6. The highest BCUT2D eigenvalue weighted by Gasteiger charge is 2.21. The molecule has 1 aromatic rings. The largest absolute Gasteiger partial charge is 0.370 e. The van der Waals surface area contributed by atoms with Crippen LogP contribution in [0.1, 0.15) is 22.3 Å². The molecule has 1 unspecified atom stereocenters. The second kappa shape index (κ2) is 4.75. The number of anilines is 1. The van der Waals surface area contributed by atoms with Crippen LogP contribution in [-0.2, 0) is 0 Å². The maximum atomic E-state index is 11.2. The highest BCUT2D eigenvalue weighted by atomic mass is 16.1. The summed E-state index contributed by atoms with van der Waals surface area (Å²) in [5.41, 5.74) is 8.03. The van der Waals surface area contributed by atoms with Crippen molar-refractivity contribution in [3.8, 4) is 0 Å². The SMILES string of the molecule is CNC1CCN(c2ccc(C(N)=O)c(C)c2)C1. The summed E-state index contributed by atoms with van der Waals surface area (Å²) < 4.78 is 0. The molecule has 1 heterocycles. The highest BCUT2D eigenvalue weighted by Crippen LogP contribution is 2.23. The topological polar surface area (TPSA) is 58.4 Å². The zero-order chi connectivity index (χ0) is 12.4. The van der Waals surface area contributed by atoms with Gasteiger partial charge in [-0.25, -0.2) is 0 Å². The number of likely N-dealkylation sites (N-methyl/N-ethyl adjacent to an activating group) is 1. The van der Waals surface area contributed by atoms with Crippen molar-refractivity contribution in [1.29, 1.82) is 0 Å². The summed E-state index contributed by atoms with van der Waals surface area (Å²) in [7, 11) is 2.00. The lowest BCUT2D eigenvalue weighted by Crippen LogP contribution is -2.29. The third-order valence-corrected chi connectivity index (χ3v) is 3.44. The molecule has 4 heteroatoms. The number of nitrogens with zero attached hydrogens (tertiary/aromatic N) is 1. The molecular weight excluding hydrogens is 214 g/mol. The van der Waals surface area contributed by atoms with Crippen LogP contribution in [0.2, 0.25) is 0 Å². The number of carbonyl (C=O) groups is 1. The summed E-state index contributed by atoms with van der Waals surface area (Å²) in [5.74, 6) is -0.358. The molecule has 0 saturated carbocycles. The van der Waals surface area contributed by atoms with Gasteiger partial charge in [0.2, 0.25) is 5.91 Å². The molecule has 92 valence electrons. The predicted octanol–water partition coefficient (Wildman–Crippen LogP) is 0.892. The van der Waals surface area contributed by atoms with Crippen LogP contribution in [0, 0.1) is 6.92 Å². The van der Waals surface area contributed by atoms with E-state index in [0.29, 0.717) is 11.6 Å². The Morgan fingerprint density at radius 3 is 2.82 bits per heavy atom. The van der Waals surface area contributed by atoms with E-state index in [1.54, 1.807) is 0 Å². The number of amides is 1. The van der Waals surface area contributed by atoms with Crippen molar-refractivity contribution in [2.45, 2.75) is 19.4 Å². The van der Waals surface area contributed by atoms with Crippen LogP contribution in [0.5, 0.6) is 0 Å². The molecule has 0 bridgehead atoms. The first-order chi connectivity index (χ1) is 8.11. The van der Waals surface area contributed by atoms with E-state index in [4.69, 9.17) is 5.73 Å². The zero-order valence-electron chi connectivity index (χ0n) is 10.4. The number of primary amides is 1. The lowest BCUT2D eigenvalue weighted by Gasteiger charge is -2.19. The molecular formula is C13H19N3O. The number of hydrogen-bond donors (Lipinski definition) is 2. The molecule has 0 spiro atoms. The molecule has 3 N–H and O–H groups in total. The fourth-order valence-electron chi connectivity index (χ4n) is 2.35. The minimum atomic E-state index is -0.358. The molecule has 2 rings (SSSR count). The average Bonchev–Trinajstić information content (AvgIpc) is 2.76. The van der Waals surface area contributed by atoms with Crippen molar-refractivity contribution in [3.63, 3.8) is 0 Å². The Hall–Kier alpha value is -1.55. The summed E-state index contributed by atoms with van der Waals surface area (Å²) in [4.78, 5) is 13.5. The van der Waals surface area contributed by atoms with E-state index >= 15 is 0 Å². The molecule has 0 radical (unpaired) electrons. The third-order valence-electron chi connectivity index (χ3n) is 3.44. The fraction of sp³-hybridized carbons (Fsp3) is 0.462. The number of hydrogen-bond acceptors (Lipinski definition) is 3. The quantitative estimate of drug-likeness (QED) is 0.815. The standard InChI is InChI=1S/C13H19N3O/c1-9-7-11(3-4-12(9)13(14)17)16-6-5-10(8-16)15-2/h3-4,7,10,15H,5-6,8H2,1-2H3,(H2,14,17). The van der Waals surface area contributed by atoms with E-state index in [2.05, 4.69) is 10.2 Å². The number of rotatable bonds is 3. The van der Waals surface area contributed by atoms with Gasteiger partial charge in [0.05, 0.1) is 0 Å². The summed E-state index contributed by atoms with van der Waals surface area (Å²) >= 11 is 0. The van der Waals surface area contributed by atoms with E-state index in [1.165, 1.54) is 5.69 Å². The molecule has 0 aliphatic carbocycles. The Bertz CT molecular complexity index is 431.